The van der Waals surface area contributed by atoms with E-state index in [9.17, 15) is 14.4 Å². The van der Waals surface area contributed by atoms with Gasteiger partial charge >= 0.3 is 0 Å². The van der Waals surface area contributed by atoms with E-state index in [2.05, 4.69) is 22.4 Å². The Morgan fingerprint density at radius 2 is 2.03 bits per heavy atom. The number of carbonyl (C=O) groups is 1. The first-order valence-electron chi connectivity index (χ1n) is 11.8. The van der Waals surface area contributed by atoms with Gasteiger partial charge in [-0.1, -0.05) is 44.2 Å². The predicted molar refractivity (Wildman–Crippen MR) is 126 cm³/mol. The molecule has 0 spiro atoms. The summed E-state index contributed by atoms with van der Waals surface area (Å²) in [5.74, 6) is 0.761. The van der Waals surface area contributed by atoms with Gasteiger partial charge in [0, 0.05) is 29.8 Å². The second-order valence-corrected chi connectivity index (χ2v) is 9.60. The van der Waals surface area contributed by atoms with Crippen molar-refractivity contribution < 1.29 is 13.9 Å². The fourth-order valence-electron chi connectivity index (χ4n) is 4.59. The van der Waals surface area contributed by atoms with Crippen LogP contribution in [0.2, 0.25) is 0 Å². The monoisotopic (exact) mass is 451 g/mol. The fourth-order valence-corrected chi connectivity index (χ4v) is 4.59. The molecule has 0 bridgehead atoms. The number of rotatable bonds is 9. The molecule has 0 aliphatic heterocycles. The topological polar surface area (TPSA) is 75.0 Å². The fraction of sp³-hybridized carbons (Fsp3) is 0.519. The van der Waals surface area contributed by atoms with Crippen LogP contribution in [0.1, 0.15) is 81.9 Å². The zero-order valence-corrected chi connectivity index (χ0v) is 19.8. The molecule has 0 saturated heterocycles. The Balaban J connectivity index is 1.74. The van der Waals surface area contributed by atoms with Crippen LogP contribution in [0.3, 0.4) is 0 Å². The molecule has 1 aliphatic rings. The molecule has 6 heteroatoms. The maximum absolute atomic E-state index is 13.2. The molecule has 1 aliphatic carbocycles. The lowest BCUT2D eigenvalue weighted by atomic mass is 9.78. The predicted octanol–water partition coefficient (Wildman–Crippen LogP) is 5.84. The van der Waals surface area contributed by atoms with Crippen LogP contribution in [-0.2, 0) is 11.5 Å². The van der Waals surface area contributed by atoms with Gasteiger partial charge in [-0.25, -0.2) is 9.37 Å². The van der Waals surface area contributed by atoms with Crippen LogP contribution in [0.4, 0.5) is 4.39 Å². The van der Waals surface area contributed by atoms with E-state index in [1.807, 2.05) is 25.1 Å². The van der Waals surface area contributed by atoms with Gasteiger partial charge in [-0.2, -0.15) is 5.26 Å². The van der Waals surface area contributed by atoms with Gasteiger partial charge < -0.3 is 10.1 Å². The summed E-state index contributed by atoms with van der Waals surface area (Å²) in [5, 5.41) is 12.5. The van der Waals surface area contributed by atoms with E-state index in [-0.39, 0.29) is 23.7 Å². The molecule has 1 aromatic heterocycles. The number of halogens is 1. The first-order chi connectivity index (χ1) is 15.8. The molecule has 2 unspecified atom stereocenters. The lowest BCUT2D eigenvalue weighted by molar-refractivity contribution is -0.135. The second kappa shape index (κ2) is 11.3. The van der Waals surface area contributed by atoms with Crippen LogP contribution >= 0.6 is 0 Å². The smallest absolute Gasteiger partial charge is 0.263 e. The summed E-state index contributed by atoms with van der Waals surface area (Å²) < 4.78 is 18.6. The molecule has 5 nitrogen and oxygen atoms in total. The number of alkyl halides is 1. The highest BCUT2D eigenvalue weighted by molar-refractivity contribution is 5.85. The first kappa shape index (κ1) is 24.7. The standard InChI is InChI=1S/C27H34FN3O2/c1-19(31-26(32)27(2,3)33-25-13-12-22(16-28)18-30-25)24(15-20-8-5-4-6-9-20)23-11-7-10-21(14-23)17-29/h7,10-14,18-20,24H,4-6,8-9,15-16H2,1-3H3,(H,31,32). The SMILES string of the molecule is CC(NC(=O)C(C)(C)Oc1ccc(CF)cn1)C(CC1CCCCC1)c1cccc(C#N)c1. The third-order valence-electron chi connectivity index (χ3n) is 6.58. The van der Waals surface area contributed by atoms with Crippen LogP contribution in [0.5, 0.6) is 5.88 Å². The Labute approximate surface area is 196 Å². The third kappa shape index (κ3) is 6.77. The van der Waals surface area contributed by atoms with Gasteiger partial charge in [0.15, 0.2) is 5.60 Å². The number of hydrogen-bond donors (Lipinski definition) is 1. The Hall–Kier alpha value is -2.94. The van der Waals surface area contributed by atoms with Crippen molar-refractivity contribution in [1.29, 1.82) is 5.26 Å². The Morgan fingerprint density at radius 3 is 2.67 bits per heavy atom. The van der Waals surface area contributed by atoms with E-state index in [1.54, 1.807) is 26.0 Å². The Kier molecular flexibility index (Phi) is 8.43. The minimum atomic E-state index is -1.15. The highest BCUT2D eigenvalue weighted by atomic mass is 19.1. The molecule has 1 N–H and O–H groups in total. The number of nitrogens with zero attached hydrogens (tertiary/aromatic N) is 2. The summed E-state index contributed by atoms with van der Waals surface area (Å²) in [4.78, 5) is 17.3. The molecule has 2 atom stereocenters. The van der Waals surface area contributed by atoms with Crippen LogP contribution in [-0.4, -0.2) is 22.5 Å². The lowest BCUT2D eigenvalue weighted by Gasteiger charge is -2.33. The van der Waals surface area contributed by atoms with Gasteiger partial charge in [0.05, 0.1) is 11.6 Å². The van der Waals surface area contributed by atoms with Crippen LogP contribution in [0, 0.1) is 17.2 Å². The normalized spacial score (nSPS) is 16.5. The van der Waals surface area contributed by atoms with Crippen molar-refractivity contribution in [2.24, 2.45) is 5.92 Å². The van der Waals surface area contributed by atoms with E-state index >= 15 is 0 Å². The quantitative estimate of drug-likeness (QED) is 0.520. The van der Waals surface area contributed by atoms with Gasteiger partial charge in [0.2, 0.25) is 5.88 Å². The molecule has 1 fully saturated rings. The number of benzene rings is 1. The number of amides is 1. The molecule has 176 valence electrons. The molecular formula is C27H34FN3O2. The number of hydrogen-bond acceptors (Lipinski definition) is 4. The molecule has 1 aromatic carbocycles. The summed E-state index contributed by atoms with van der Waals surface area (Å²) >= 11 is 0. The molecule has 1 heterocycles. The van der Waals surface area contributed by atoms with Crippen molar-refractivity contribution in [2.45, 2.75) is 83.5 Å². The summed E-state index contributed by atoms with van der Waals surface area (Å²) in [6.07, 6.45) is 8.62. The van der Waals surface area contributed by atoms with E-state index < -0.39 is 12.3 Å². The molecule has 1 amide bonds. The van der Waals surface area contributed by atoms with E-state index in [4.69, 9.17) is 4.74 Å². The zero-order chi connectivity index (χ0) is 23.8. The molecule has 0 radical (unpaired) electrons. The van der Waals surface area contributed by atoms with Crippen molar-refractivity contribution >= 4 is 5.91 Å². The van der Waals surface area contributed by atoms with Gasteiger partial charge in [0.1, 0.15) is 6.67 Å². The van der Waals surface area contributed by atoms with E-state index in [0.29, 0.717) is 17.0 Å². The van der Waals surface area contributed by atoms with Gasteiger partial charge in [-0.3, -0.25) is 4.79 Å². The molecule has 2 aromatic rings. The van der Waals surface area contributed by atoms with Crippen LogP contribution in [0.15, 0.2) is 42.6 Å². The number of nitriles is 1. The summed E-state index contributed by atoms with van der Waals surface area (Å²) in [7, 11) is 0. The number of ether oxygens (including phenoxy) is 1. The van der Waals surface area contributed by atoms with E-state index in [0.717, 1.165) is 12.0 Å². The Morgan fingerprint density at radius 1 is 1.27 bits per heavy atom. The molecule has 1 saturated carbocycles. The second-order valence-electron chi connectivity index (χ2n) is 9.60. The highest BCUT2D eigenvalue weighted by Crippen LogP contribution is 2.35. The van der Waals surface area contributed by atoms with Crippen molar-refractivity contribution in [2.75, 3.05) is 0 Å². The zero-order valence-electron chi connectivity index (χ0n) is 19.8. The van der Waals surface area contributed by atoms with Crippen molar-refractivity contribution in [3.05, 3.63) is 59.3 Å². The summed E-state index contributed by atoms with van der Waals surface area (Å²) in [6.45, 7) is 4.83. The van der Waals surface area contributed by atoms with Crippen molar-refractivity contribution in [3.8, 4) is 11.9 Å². The minimum Gasteiger partial charge on any atom is -0.462 e. The molecular weight excluding hydrogens is 417 g/mol. The molecule has 33 heavy (non-hydrogen) atoms. The largest absolute Gasteiger partial charge is 0.462 e. The maximum Gasteiger partial charge on any atom is 0.263 e. The molecule has 3 rings (SSSR count). The first-order valence-corrected chi connectivity index (χ1v) is 11.8. The van der Waals surface area contributed by atoms with Crippen molar-refractivity contribution in [1.82, 2.24) is 10.3 Å². The van der Waals surface area contributed by atoms with Gasteiger partial charge in [-0.05, 0) is 56.9 Å². The third-order valence-corrected chi connectivity index (χ3v) is 6.58. The number of nitrogens with one attached hydrogen (secondary N) is 1. The van der Waals surface area contributed by atoms with Crippen LogP contribution < -0.4 is 10.1 Å². The van der Waals surface area contributed by atoms with Crippen molar-refractivity contribution in [3.63, 3.8) is 0 Å². The lowest BCUT2D eigenvalue weighted by Crippen LogP contribution is -2.51. The summed E-state index contributed by atoms with van der Waals surface area (Å²) in [6, 6.07) is 13.0. The maximum atomic E-state index is 13.2. The van der Waals surface area contributed by atoms with Gasteiger partial charge in [0.25, 0.3) is 5.91 Å². The average molecular weight is 452 g/mol. The number of pyridine rings is 1. The van der Waals surface area contributed by atoms with E-state index in [1.165, 1.54) is 38.3 Å². The average Bonchev–Trinajstić information content (AvgIpc) is 2.83. The van der Waals surface area contributed by atoms with Gasteiger partial charge in [-0.15, -0.1) is 0 Å². The minimum absolute atomic E-state index is 0.100. The Bertz CT molecular complexity index is 962. The summed E-state index contributed by atoms with van der Waals surface area (Å²) in [5.41, 5.74) is 1.02. The highest BCUT2D eigenvalue weighted by Gasteiger charge is 2.34. The number of aromatic nitrogens is 1. The number of carbonyl (C=O) groups excluding carboxylic acids is 1. The van der Waals surface area contributed by atoms with Crippen LogP contribution in [0.25, 0.3) is 0 Å².